The Morgan fingerprint density at radius 2 is 2.11 bits per heavy atom. The lowest BCUT2D eigenvalue weighted by molar-refractivity contribution is -0.188. The number of carbonyl (C=O) groups is 1. The number of ether oxygens (including phenoxy) is 1. The molecule has 2 aliphatic rings. The lowest BCUT2D eigenvalue weighted by Gasteiger charge is -2.44. The molecule has 0 spiro atoms. The third kappa shape index (κ3) is 2.78. The molecular weight excluding hydrogens is 264 g/mol. The normalized spacial score (nSPS) is 43.6. The van der Waals surface area contributed by atoms with E-state index in [0.717, 1.165) is 19.3 Å². The first kappa shape index (κ1) is 15.1. The zero-order valence-electron chi connectivity index (χ0n) is 11.8. The minimum atomic E-state index is -1.25. The highest BCUT2D eigenvalue weighted by atomic mass is 32.2. The smallest absolute Gasteiger partial charge is 0.347 e. The fraction of sp³-hybridized carbons (Fsp3) is 0.929. The number of aliphatic hydroxyl groups is 1. The van der Waals surface area contributed by atoms with E-state index in [1.165, 1.54) is 11.8 Å². The number of hydrogen-bond acceptors (Lipinski definition) is 4. The molecule has 5 unspecified atom stereocenters. The average molecular weight is 288 g/mol. The van der Waals surface area contributed by atoms with Gasteiger partial charge in [-0.15, -0.1) is 11.8 Å². The fourth-order valence-electron chi connectivity index (χ4n) is 3.57. The predicted octanol–water partition coefficient (Wildman–Crippen LogP) is 2.56. The maximum Gasteiger partial charge on any atom is 0.347 e. The molecule has 19 heavy (non-hydrogen) atoms. The van der Waals surface area contributed by atoms with Gasteiger partial charge in [-0.25, -0.2) is 4.79 Å². The summed E-state index contributed by atoms with van der Waals surface area (Å²) in [6, 6.07) is 0. The molecule has 1 saturated carbocycles. The Hall–Kier alpha value is -0.260. The summed E-state index contributed by atoms with van der Waals surface area (Å²) in [4.78, 5) is 10.5. The van der Waals surface area contributed by atoms with Gasteiger partial charge in [0.05, 0.1) is 0 Å². The van der Waals surface area contributed by atoms with E-state index in [1.54, 1.807) is 0 Å². The van der Waals surface area contributed by atoms with Crippen LogP contribution in [0.4, 0.5) is 0 Å². The largest absolute Gasteiger partial charge is 0.478 e. The van der Waals surface area contributed by atoms with Crippen molar-refractivity contribution in [3.63, 3.8) is 0 Å². The van der Waals surface area contributed by atoms with Crippen molar-refractivity contribution in [2.45, 2.75) is 51.3 Å². The summed E-state index contributed by atoms with van der Waals surface area (Å²) in [5.74, 6) is 0.718. The van der Waals surface area contributed by atoms with Crippen LogP contribution >= 0.6 is 11.8 Å². The van der Waals surface area contributed by atoms with Gasteiger partial charge in [0.15, 0.2) is 6.29 Å². The van der Waals surface area contributed by atoms with Crippen molar-refractivity contribution in [3.8, 4) is 0 Å². The predicted molar refractivity (Wildman–Crippen MR) is 74.7 cm³/mol. The Kier molecular flexibility index (Phi) is 4.48. The van der Waals surface area contributed by atoms with Gasteiger partial charge in [-0.2, -0.15) is 0 Å². The average Bonchev–Trinajstić information content (AvgIpc) is 2.72. The van der Waals surface area contributed by atoms with E-state index < -0.39 is 17.2 Å². The Morgan fingerprint density at radius 1 is 1.42 bits per heavy atom. The van der Waals surface area contributed by atoms with Crippen LogP contribution in [0, 0.1) is 23.7 Å². The van der Waals surface area contributed by atoms with Crippen molar-refractivity contribution in [1.29, 1.82) is 0 Å². The molecule has 4 nitrogen and oxygen atoms in total. The molecule has 1 heterocycles. The quantitative estimate of drug-likeness (QED) is 0.835. The molecule has 5 heteroatoms. The van der Waals surface area contributed by atoms with E-state index in [9.17, 15) is 15.0 Å². The molecule has 1 saturated heterocycles. The summed E-state index contributed by atoms with van der Waals surface area (Å²) in [6.07, 6.45) is 2.13. The van der Waals surface area contributed by atoms with Crippen LogP contribution in [0.5, 0.6) is 0 Å². The van der Waals surface area contributed by atoms with E-state index in [2.05, 4.69) is 20.8 Å². The zero-order valence-corrected chi connectivity index (χ0v) is 12.7. The summed E-state index contributed by atoms with van der Waals surface area (Å²) < 4.78 is 5.50. The van der Waals surface area contributed by atoms with Gasteiger partial charge in [-0.3, -0.25) is 0 Å². The third-order valence-corrected chi connectivity index (χ3v) is 6.01. The zero-order chi connectivity index (χ0) is 14.2. The standard InChI is InChI=1S/C14H24O4S/c1-8(2)10-5-4-9(3)6-11(10)14(13(16)17)18-12(15)7-19-14/h8-12,15H,4-7H2,1-3H3,(H,16,17). The second-order valence-corrected chi connectivity index (χ2v) is 7.52. The van der Waals surface area contributed by atoms with Gasteiger partial charge in [0.25, 0.3) is 0 Å². The van der Waals surface area contributed by atoms with Crippen LogP contribution in [0.15, 0.2) is 0 Å². The maximum atomic E-state index is 11.8. The van der Waals surface area contributed by atoms with Crippen molar-refractivity contribution >= 4 is 17.7 Å². The molecule has 5 atom stereocenters. The van der Waals surface area contributed by atoms with Crippen molar-refractivity contribution in [2.24, 2.45) is 23.7 Å². The first-order valence-electron chi connectivity index (χ1n) is 7.10. The molecule has 2 N–H and O–H groups in total. The molecule has 1 aliphatic heterocycles. The molecule has 1 aliphatic carbocycles. The van der Waals surface area contributed by atoms with Crippen molar-refractivity contribution in [2.75, 3.05) is 5.75 Å². The van der Waals surface area contributed by atoms with Gasteiger partial charge in [0.2, 0.25) is 4.93 Å². The van der Waals surface area contributed by atoms with Gasteiger partial charge in [-0.1, -0.05) is 27.2 Å². The number of thioether (sulfide) groups is 1. The van der Waals surface area contributed by atoms with E-state index in [4.69, 9.17) is 4.74 Å². The second kappa shape index (κ2) is 5.62. The van der Waals surface area contributed by atoms with E-state index in [1.807, 2.05) is 0 Å². The minimum Gasteiger partial charge on any atom is -0.478 e. The first-order valence-corrected chi connectivity index (χ1v) is 8.08. The Morgan fingerprint density at radius 3 is 2.58 bits per heavy atom. The lowest BCUT2D eigenvalue weighted by Crippen LogP contribution is -2.50. The highest BCUT2D eigenvalue weighted by Crippen LogP contribution is 2.52. The third-order valence-electron chi connectivity index (χ3n) is 4.56. The number of aliphatic hydroxyl groups excluding tert-OH is 1. The highest BCUT2D eigenvalue weighted by Gasteiger charge is 2.57. The molecule has 0 aromatic heterocycles. The number of hydrogen-bond donors (Lipinski definition) is 2. The van der Waals surface area contributed by atoms with Gasteiger partial charge >= 0.3 is 5.97 Å². The molecule has 110 valence electrons. The Bertz CT molecular complexity index is 346. The monoisotopic (exact) mass is 288 g/mol. The van der Waals surface area contributed by atoms with Crippen molar-refractivity contribution in [1.82, 2.24) is 0 Å². The summed E-state index contributed by atoms with van der Waals surface area (Å²) in [5, 5.41) is 19.3. The topological polar surface area (TPSA) is 66.8 Å². The van der Waals surface area contributed by atoms with Crippen molar-refractivity contribution < 1.29 is 19.7 Å². The van der Waals surface area contributed by atoms with Gasteiger partial charge in [0, 0.05) is 11.7 Å². The maximum absolute atomic E-state index is 11.8. The summed E-state index contributed by atoms with van der Waals surface area (Å²) in [6.45, 7) is 6.48. The van der Waals surface area contributed by atoms with E-state index in [0.29, 0.717) is 23.5 Å². The number of carboxylic acids is 1. The van der Waals surface area contributed by atoms with Gasteiger partial charge < -0.3 is 14.9 Å². The molecule has 0 aromatic rings. The van der Waals surface area contributed by atoms with Gasteiger partial charge in [0.1, 0.15) is 0 Å². The Balaban J connectivity index is 2.30. The van der Waals surface area contributed by atoms with Crippen LogP contribution in [0.1, 0.15) is 40.0 Å². The molecule has 2 rings (SSSR count). The molecule has 0 amide bonds. The fourth-order valence-corrected chi connectivity index (χ4v) is 4.82. The summed E-state index contributed by atoms with van der Waals surface area (Å²) in [5.41, 5.74) is 0. The molecule has 0 aromatic carbocycles. The molecular formula is C14H24O4S. The minimum absolute atomic E-state index is 0.0177. The second-order valence-electron chi connectivity index (χ2n) is 6.29. The van der Waals surface area contributed by atoms with Crippen molar-refractivity contribution in [3.05, 3.63) is 0 Å². The Labute approximate surface area is 118 Å². The van der Waals surface area contributed by atoms with E-state index >= 15 is 0 Å². The van der Waals surface area contributed by atoms with Crippen LogP contribution in [-0.2, 0) is 9.53 Å². The van der Waals surface area contributed by atoms with Crippen LogP contribution in [0.25, 0.3) is 0 Å². The van der Waals surface area contributed by atoms with E-state index in [-0.39, 0.29) is 5.92 Å². The van der Waals surface area contributed by atoms with Gasteiger partial charge in [-0.05, 0) is 30.6 Å². The van der Waals surface area contributed by atoms with Crippen LogP contribution in [0.3, 0.4) is 0 Å². The van der Waals surface area contributed by atoms with Crippen LogP contribution in [0.2, 0.25) is 0 Å². The number of carboxylic acid groups (broad SMARTS) is 1. The van der Waals surface area contributed by atoms with Crippen LogP contribution < -0.4 is 0 Å². The highest BCUT2D eigenvalue weighted by molar-refractivity contribution is 8.01. The lowest BCUT2D eigenvalue weighted by atomic mass is 9.67. The molecule has 0 bridgehead atoms. The summed E-state index contributed by atoms with van der Waals surface area (Å²) >= 11 is 1.26. The summed E-state index contributed by atoms with van der Waals surface area (Å²) in [7, 11) is 0. The number of rotatable bonds is 3. The SMILES string of the molecule is CC1CCC(C(C)C)C(C2(C(=O)O)OC(O)CS2)C1. The molecule has 0 radical (unpaired) electrons. The first-order chi connectivity index (χ1) is 8.86. The molecule has 2 fully saturated rings. The number of aliphatic carboxylic acids is 1. The van der Waals surface area contributed by atoms with Crippen LogP contribution in [-0.4, -0.2) is 33.2 Å².